The van der Waals surface area contributed by atoms with Crippen LogP contribution < -0.4 is 56.7 Å². The molecule has 3 aliphatic rings. The molecule has 0 bridgehead atoms. The molecule has 0 spiro atoms. The topological polar surface area (TPSA) is 13.0 Å². The smallest absolute Gasteiger partial charge is 0.257 e. The fourth-order valence-electron chi connectivity index (χ4n) is 12.2. The van der Waals surface area contributed by atoms with Crippen LogP contribution >= 0.6 is 0 Å². The summed E-state index contributed by atoms with van der Waals surface area (Å²) in [7, 11) is -3.09. The van der Waals surface area contributed by atoms with Crippen LogP contribution in [0.1, 0.15) is 0 Å². The van der Waals surface area contributed by atoms with Gasteiger partial charge in [-0.15, -0.1) is 0 Å². The number of para-hydroxylation sites is 5. The molecule has 0 atom stereocenters. The van der Waals surface area contributed by atoms with Gasteiger partial charge in [-0.1, -0.05) is 188 Å². The number of benzene rings is 11. The highest BCUT2D eigenvalue weighted by atomic mass is 28.3. The van der Waals surface area contributed by atoms with Gasteiger partial charge in [-0.3, -0.25) is 0 Å². The summed E-state index contributed by atoms with van der Waals surface area (Å²) >= 11 is 0. The second-order valence-corrected chi connectivity index (χ2v) is 22.6. The van der Waals surface area contributed by atoms with Gasteiger partial charge in [0.25, 0.3) is 6.71 Å². The van der Waals surface area contributed by atoms with Crippen molar-refractivity contribution in [1.82, 2.24) is 0 Å². The van der Waals surface area contributed by atoms with Gasteiger partial charge in [0.05, 0.1) is 5.69 Å². The van der Waals surface area contributed by atoms with E-state index in [0.29, 0.717) is 0 Å². The third-order valence-electron chi connectivity index (χ3n) is 15.0. The maximum Gasteiger partial charge on any atom is 0.257 e. The first-order valence-electron chi connectivity index (χ1n) is 24.9. The second-order valence-electron chi connectivity index (χ2n) is 18.8. The van der Waals surface area contributed by atoms with E-state index in [2.05, 4.69) is 305 Å². The number of rotatable bonds is 10. The molecule has 11 aromatic rings. The summed E-state index contributed by atoms with van der Waals surface area (Å²) in [4.78, 5) is 10.1. The molecule has 0 saturated carbocycles. The van der Waals surface area contributed by atoms with E-state index in [1.807, 2.05) is 0 Å². The van der Waals surface area contributed by atoms with Crippen LogP contribution in [0.15, 0.2) is 285 Å². The Bertz CT molecular complexity index is 3620. The summed E-state index contributed by atoms with van der Waals surface area (Å²) in [5.41, 5.74) is 17.6. The van der Waals surface area contributed by atoms with Crippen molar-refractivity contribution in [2.24, 2.45) is 0 Å². The summed E-state index contributed by atoms with van der Waals surface area (Å²) < 4.78 is 0. The van der Waals surface area contributed by atoms with E-state index >= 15 is 0 Å². The van der Waals surface area contributed by atoms with Gasteiger partial charge in [-0.05, 0) is 134 Å². The van der Waals surface area contributed by atoms with Gasteiger partial charge in [0, 0.05) is 62.6 Å². The third kappa shape index (κ3) is 6.39. The highest BCUT2D eigenvalue weighted by Gasteiger charge is 2.51. The van der Waals surface area contributed by atoms with Crippen molar-refractivity contribution in [3.05, 3.63) is 285 Å². The van der Waals surface area contributed by atoms with Crippen LogP contribution in [0.25, 0.3) is 0 Å². The van der Waals surface area contributed by atoms with Gasteiger partial charge >= 0.3 is 0 Å². The molecule has 0 radical (unpaired) electrons. The Morgan fingerprint density at radius 1 is 0.250 bits per heavy atom. The summed E-state index contributed by atoms with van der Waals surface area (Å²) in [6.07, 6.45) is 0. The van der Waals surface area contributed by atoms with Crippen molar-refractivity contribution in [2.75, 3.05) is 19.6 Å². The summed E-state index contributed by atoms with van der Waals surface area (Å²) in [5.74, 6) is 0. The molecule has 0 unspecified atom stereocenters. The number of hydrogen-bond acceptors (Lipinski definition) is 4. The largest absolute Gasteiger partial charge is 0.311 e. The SMILES string of the molecule is c1ccc(N(c2ccccc2)c2cc3c4c(c2)N(c2ccccc2)c2cc([Si](c5ccccc5)(c5ccccc5)c5ccccc5)cc5c2B4c2c(cccc2N5c2ccccc2)N3c2ccccc2)cc1. The van der Waals surface area contributed by atoms with Crippen LogP contribution in [0.4, 0.5) is 68.2 Å². The van der Waals surface area contributed by atoms with E-state index in [0.717, 1.165) is 45.5 Å². The lowest BCUT2D eigenvalue weighted by atomic mass is 9.32. The van der Waals surface area contributed by atoms with Gasteiger partial charge in [0.2, 0.25) is 0 Å². The minimum Gasteiger partial charge on any atom is -0.311 e. The lowest BCUT2D eigenvalue weighted by molar-refractivity contribution is 1.21. The molecule has 0 fully saturated rings. The first-order valence-corrected chi connectivity index (χ1v) is 26.9. The van der Waals surface area contributed by atoms with E-state index in [1.54, 1.807) is 0 Å². The van der Waals surface area contributed by atoms with E-state index in [9.17, 15) is 0 Å². The Morgan fingerprint density at radius 2 is 0.542 bits per heavy atom. The highest BCUT2D eigenvalue weighted by molar-refractivity contribution is 7.20. The maximum atomic E-state index is 2.60. The molecule has 0 aliphatic carbocycles. The molecule has 3 aliphatic heterocycles. The van der Waals surface area contributed by atoms with Crippen LogP contribution in [0.3, 0.4) is 0 Å². The number of anilines is 12. The van der Waals surface area contributed by atoms with Crippen LogP contribution in [0, 0.1) is 0 Å². The van der Waals surface area contributed by atoms with Gasteiger partial charge in [0.1, 0.15) is 0 Å². The number of nitrogens with zero attached hydrogens (tertiary/aromatic N) is 4. The van der Waals surface area contributed by atoms with Crippen LogP contribution in [-0.4, -0.2) is 14.8 Å². The molecule has 0 N–H and O–H groups in total. The van der Waals surface area contributed by atoms with Crippen molar-refractivity contribution in [3.8, 4) is 0 Å². The Kier molecular flexibility index (Phi) is 9.93. The minimum absolute atomic E-state index is 0.0858. The fraction of sp³-hybridized carbons (Fsp3) is 0. The molecule has 0 saturated heterocycles. The first kappa shape index (κ1) is 41.8. The first-order chi connectivity index (χ1) is 35.8. The van der Waals surface area contributed by atoms with E-state index < -0.39 is 8.07 Å². The minimum atomic E-state index is -3.09. The van der Waals surface area contributed by atoms with Gasteiger partial charge < -0.3 is 19.6 Å². The zero-order chi connectivity index (χ0) is 47.6. The number of hydrogen-bond donors (Lipinski definition) is 0. The van der Waals surface area contributed by atoms with E-state index in [4.69, 9.17) is 0 Å². The Labute approximate surface area is 422 Å². The molecule has 14 rings (SSSR count). The molecule has 338 valence electrons. The normalized spacial score (nSPS) is 12.9. The highest BCUT2D eigenvalue weighted by Crippen LogP contribution is 2.52. The maximum absolute atomic E-state index is 3.09. The summed E-state index contributed by atoms with van der Waals surface area (Å²) in [6.45, 7) is -0.0858. The third-order valence-corrected chi connectivity index (χ3v) is 19.8. The van der Waals surface area contributed by atoms with E-state index in [1.165, 1.54) is 59.9 Å². The van der Waals surface area contributed by atoms with Crippen molar-refractivity contribution in [2.45, 2.75) is 0 Å². The summed E-state index contributed by atoms with van der Waals surface area (Å²) in [5, 5.41) is 5.33. The Morgan fingerprint density at radius 3 is 0.903 bits per heavy atom. The molecule has 6 heteroatoms. The molecular weight excluding hydrogens is 888 g/mol. The van der Waals surface area contributed by atoms with Crippen molar-refractivity contribution < 1.29 is 0 Å². The van der Waals surface area contributed by atoms with E-state index in [-0.39, 0.29) is 6.71 Å². The standard InChI is InChI=1S/C66H47BN4Si/c1-9-26-48(27-10-1)68(49-28-11-2-12-29-49)53-44-60-65-61(45-53)71(52-34-17-5-18-35-52)63-47-57(72(54-36-19-6-20-37-54,55-38-21-7-22-39-55)56-40-23-8-24-41-56)46-62-66(63)67(65)64-58(69(60)50-30-13-3-14-31-50)42-25-43-59(64)70(62)51-32-15-4-16-33-51/h1-47H. The second kappa shape index (κ2) is 17.1. The monoisotopic (exact) mass is 934 g/mol. The fourth-order valence-corrected chi connectivity index (χ4v) is 17.0. The molecule has 0 aromatic heterocycles. The van der Waals surface area contributed by atoms with Crippen LogP contribution in [0.5, 0.6) is 0 Å². The summed E-state index contributed by atoms with van der Waals surface area (Å²) in [6, 6.07) is 106. The quantitative estimate of drug-likeness (QED) is 0.100. The molecule has 0 amide bonds. The molecule has 72 heavy (non-hydrogen) atoms. The van der Waals surface area contributed by atoms with Crippen molar-refractivity contribution in [3.63, 3.8) is 0 Å². The average Bonchev–Trinajstić information content (AvgIpc) is 3.46. The molecular formula is C66H47BN4Si. The zero-order valence-corrected chi connectivity index (χ0v) is 40.5. The molecule has 11 aromatic carbocycles. The van der Waals surface area contributed by atoms with Gasteiger partial charge in [-0.2, -0.15) is 0 Å². The molecule has 3 heterocycles. The van der Waals surface area contributed by atoms with Gasteiger partial charge in [0.15, 0.2) is 8.07 Å². The lowest BCUT2D eigenvalue weighted by Gasteiger charge is -2.50. The predicted molar refractivity (Wildman–Crippen MR) is 307 cm³/mol. The predicted octanol–water partition coefficient (Wildman–Crippen LogP) is 12.4. The van der Waals surface area contributed by atoms with Gasteiger partial charge in [-0.25, -0.2) is 0 Å². The van der Waals surface area contributed by atoms with Crippen molar-refractivity contribution >= 4 is 120 Å². The Balaban J connectivity index is 1.17. The lowest BCUT2D eigenvalue weighted by Crippen LogP contribution is -2.75. The Hall–Kier alpha value is -9.10. The zero-order valence-electron chi connectivity index (χ0n) is 39.5. The van der Waals surface area contributed by atoms with Crippen LogP contribution in [-0.2, 0) is 0 Å². The van der Waals surface area contributed by atoms with Crippen molar-refractivity contribution in [1.29, 1.82) is 0 Å². The molecule has 4 nitrogen and oxygen atoms in total. The average molecular weight is 935 g/mol. The van der Waals surface area contributed by atoms with Crippen LogP contribution in [0.2, 0.25) is 0 Å².